The number of carboxylic acid groups (broad SMARTS) is 1. The van der Waals surface area contributed by atoms with E-state index in [1.54, 1.807) is 18.7 Å². The van der Waals surface area contributed by atoms with Gasteiger partial charge in [-0.05, 0) is 32.4 Å². The Morgan fingerprint density at radius 3 is 2.72 bits per heavy atom. The zero-order valence-corrected chi connectivity index (χ0v) is 12.0. The number of nitrogens with zero attached hydrogens (tertiary/aromatic N) is 1. The standard InChI is InChI=1S/C12H22N2O3S/c1-9(18-3)8-13-11(17)14-7-5-4-6-12(14,2)10(15)16/h9H,4-8H2,1-3H3,(H,13,17)(H,15,16). The molecule has 18 heavy (non-hydrogen) atoms. The van der Waals surface area contributed by atoms with Gasteiger partial charge in [-0.1, -0.05) is 6.92 Å². The SMILES string of the molecule is CSC(C)CNC(=O)N1CCCCC1(C)C(=O)O. The number of amides is 2. The van der Waals surface area contributed by atoms with Crippen LogP contribution in [0, 0.1) is 0 Å². The maximum Gasteiger partial charge on any atom is 0.329 e. The van der Waals surface area contributed by atoms with E-state index in [0.29, 0.717) is 24.8 Å². The van der Waals surface area contributed by atoms with Crippen molar-refractivity contribution in [3.8, 4) is 0 Å². The number of hydrogen-bond acceptors (Lipinski definition) is 3. The van der Waals surface area contributed by atoms with Gasteiger partial charge >= 0.3 is 12.0 Å². The second-order valence-corrected chi connectivity index (χ2v) is 6.20. The number of aliphatic carboxylic acids is 1. The third kappa shape index (κ3) is 3.31. The molecule has 104 valence electrons. The van der Waals surface area contributed by atoms with Crippen molar-refractivity contribution >= 4 is 23.8 Å². The molecule has 1 aliphatic rings. The van der Waals surface area contributed by atoms with E-state index < -0.39 is 11.5 Å². The van der Waals surface area contributed by atoms with Crippen LogP contribution < -0.4 is 5.32 Å². The molecule has 0 aliphatic carbocycles. The lowest BCUT2D eigenvalue weighted by Gasteiger charge is -2.41. The summed E-state index contributed by atoms with van der Waals surface area (Å²) in [5.41, 5.74) is -1.06. The van der Waals surface area contributed by atoms with Crippen LogP contribution in [0.2, 0.25) is 0 Å². The number of carboxylic acids is 1. The molecule has 0 bridgehead atoms. The van der Waals surface area contributed by atoms with Crippen LogP contribution in [-0.2, 0) is 4.79 Å². The van der Waals surface area contributed by atoms with Crippen LogP contribution in [-0.4, -0.2) is 52.1 Å². The summed E-state index contributed by atoms with van der Waals surface area (Å²) >= 11 is 1.67. The Balaban J connectivity index is 2.66. The largest absolute Gasteiger partial charge is 0.480 e. The number of thioether (sulfide) groups is 1. The average Bonchev–Trinajstić information content (AvgIpc) is 2.35. The molecule has 0 aromatic carbocycles. The van der Waals surface area contributed by atoms with Gasteiger partial charge in [-0.25, -0.2) is 9.59 Å². The van der Waals surface area contributed by atoms with Gasteiger partial charge in [-0.2, -0.15) is 11.8 Å². The Hall–Kier alpha value is -0.910. The fourth-order valence-electron chi connectivity index (χ4n) is 2.08. The van der Waals surface area contributed by atoms with Gasteiger partial charge in [0, 0.05) is 18.3 Å². The third-order valence-corrected chi connectivity index (χ3v) is 4.51. The molecule has 0 radical (unpaired) electrons. The minimum atomic E-state index is -1.06. The quantitative estimate of drug-likeness (QED) is 0.820. The number of piperidine rings is 1. The molecule has 2 atom stereocenters. The predicted molar refractivity (Wildman–Crippen MR) is 73.0 cm³/mol. The molecule has 1 heterocycles. The van der Waals surface area contributed by atoms with Crippen LogP contribution in [0.4, 0.5) is 4.79 Å². The Morgan fingerprint density at radius 1 is 1.50 bits per heavy atom. The Kier molecular flexibility index (Phi) is 5.31. The number of likely N-dealkylation sites (tertiary alicyclic amines) is 1. The smallest absolute Gasteiger partial charge is 0.329 e. The van der Waals surface area contributed by atoms with Crippen molar-refractivity contribution in [2.24, 2.45) is 0 Å². The van der Waals surface area contributed by atoms with Crippen molar-refractivity contribution < 1.29 is 14.7 Å². The van der Waals surface area contributed by atoms with Gasteiger partial charge in [-0.3, -0.25) is 0 Å². The highest BCUT2D eigenvalue weighted by Gasteiger charge is 2.43. The van der Waals surface area contributed by atoms with Gasteiger partial charge in [0.05, 0.1) is 0 Å². The number of hydrogen-bond donors (Lipinski definition) is 2. The highest BCUT2D eigenvalue weighted by Crippen LogP contribution is 2.28. The molecule has 1 rings (SSSR count). The number of urea groups is 1. The van der Waals surface area contributed by atoms with E-state index >= 15 is 0 Å². The van der Waals surface area contributed by atoms with E-state index in [2.05, 4.69) is 5.32 Å². The second-order valence-electron chi connectivity index (χ2n) is 4.92. The van der Waals surface area contributed by atoms with Gasteiger partial charge in [0.25, 0.3) is 0 Å². The van der Waals surface area contributed by atoms with E-state index in [0.717, 1.165) is 12.8 Å². The first-order chi connectivity index (χ1) is 8.41. The van der Waals surface area contributed by atoms with Crippen LogP contribution in [0.15, 0.2) is 0 Å². The minimum Gasteiger partial charge on any atom is -0.480 e. The molecule has 0 spiro atoms. The summed E-state index contributed by atoms with van der Waals surface area (Å²) < 4.78 is 0. The first kappa shape index (κ1) is 15.1. The highest BCUT2D eigenvalue weighted by molar-refractivity contribution is 7.99. The van der Waals surface area contributed by atoms with E-state index in [1.807, 2.05) is 13.2 Å². The number of rotatable bonds is 4. The van der Waals surface area contributed by atoms with Crippen LogP contribution >= 0.6 is 11.8 Å². The summed E-state index contributed by atoms with van der Waals surface area (Å²) in [5.74, 6) is -0.921. The second kappa shape index (κ2) is 6.31. The number of carbonyl (C=O) groups excluding carboxylic acids is 1. The molecule has 1 saturated heterocycles. The molecule has 0 aromatic rings. The van der Waals surface area contributed by atoms with Crippen molar-refractivity contribution in [2.45, 2.75) is 43.9 Å². The first-order valence-corrected chi connectivity index (χ1v) is 7.52. The molecular formula is C12H22N2O3S. The first-order valence-electron chi connectivity index (χ1n) is 6.23. The van der Waals surface area contributed by atoms with Gasteiger partial charge in [0.1, 0.15) is 5.54 Å². The minimum absolute atomic E-state index is 0.263. The summed E-state index contributed by atoms with van der Waals surface area (Å²) in [5, 5.41) is 12.5. The van der Waals surface area contributed by atoms with Gasteiger partial charge in [0.2, 0.25) is 0 Å². The molecule has 0 aromatic heterocycles. The number of nitrogens with one attached hydrogen (secondary N) is 1. The maximum absolute atomic E-state index is 12.1. The highest BCUT2D eigenvalue weighted by atomic mass is 32.2. The van der Waals surface area contributed by atoms with Crippen LogP contribution in [0.25, 0.3) is 0 Å². The zero-order chi connectivity index (χ0) is 13.8. The van der Waals surface area contributed by atoms with Gasteiger partial charge in [0.15, 0.2) is 0 Å². The van der Waals surface area contributed by atoms with E-state index in [9.17, 15) is 14.7 Å². The number of carbonyl (C=O) groups is 2. The van der Waals surface area contributed by atoms with Gasteiger partial charge in [-0.15, -0.1) is 0 Å². The monoisotopic (exact) mass is 274 g/mol. The summed E-state index contributed by atoms with van der Waals surface area (Å²) in [7, 11) is 0. The molecule has 2 amide bonds. The van der Waals surface area contributed by atoms with Crippen molar-refractivity contribution in [3.63, 3.8) is 0 Å². The van der Waals surface area contributed by atoms with E-state index in [4.69, 9.17) is 0 Å². The zero-order valence-electron chi connectivity index (χ0n) is 11.2. The van der Waals surface area contributed by atoms with Crippen LogP contribution in [0.5, 0.6) is 0 Å². The van der Waals surface area contributed by atoms with Crippen molar-refractivity contribution in [1.82, 2.24) is 10.2 Å². The summed E-state index contributed by atoms with van der Waals surface area (Å²) in [6.07, 6.45) is 4.23. The predicted octanol–water partition coefficient (Wildman–Crippen LogP) is 1.78. The lowest BCUT2D eigenvalue weighted by Crippen LogP contribution is -2.60. The molecule has 2 N–H and O–H groups in total. The lowest BCUT2D eigenvalue weighted by molar-refractivity contribution is -0.150. The van der Waals surface area contributed by atoms with Crippen LogP contribution in [0.1, 0.15) is 33.1 Å². The molecule has 1 aliphatic heterocycles. The molecular weight excluding hydrogens is 252 g/mol. The van der Waals surface area contributed by atoms with E-state index in [-0.39, 0.29) is 6.03 Å². The summed E-state index contributed by atoms with van der Waals surface area (Å²) in [4.78, 5) is 24.9. The van der Waals surface area contributed by atoms with E-state index in [1.165, 1.54) is 4.90 Å². The molecule has 6 heteroatoms. The fraction of sp³-hybridized carbons (Fsp3) is 0.833. The van der Waals surface area contributed by atoms with Gasteiger partial charge < -0.3 is 15.3 Å². The normalized spacial score (nSPS) is 25.6. The molecule has 5 nitrogen and oxygen atoms in total. The fourth-order valence-corrected chi connectivity index (χ4v) is 2.33. The topological polar surface area (TPSA) is 69.6 Å². The van der Waals surface area contributed by atoms with Crippen molar-refractivity contribution in [1.29, 1.82) is 0 Å². The van der Waals surface area contributed by atoms with Crippen LogP contribution in [0.3, 0.4) is 0 Å². The average molecular weight is 274 g/mol. The molecule has 0 saturated carbocycles. The Labute approximate surface area is 112 Å². The lowest BCUT2D eigenvalue weighted by atomic mass is 9.89. The maximum atomic E-state index is 12.1. The van der Waals surface area contributed by atoms with Crippen molar-refractivity contribution in [3.05, 3.63) is 0 Å². The summed E-state index contributed by atoms with van der Waals surface area (Å²) in [6.45, 7) is 4.73. The molecule has 1 fully saturated rings. The molecule has 2 unspecified atom stereocenters. The Morgan fingerprint density at radius 2 is 2.17 bits per heavy atom. The third-order valence-electron chi connectivity index (χ3n) is 3.54. The Bertz CT molecular complexity index is 324. The summed E-state index contributed by atoms with van der Waals surface area (Å²) in [6, 6.07) is -0.263. The van der Waals surface area contributed by atoms with Crippen molar-refractivity contribution in [2.75, 3.05) is 19.3 Å².